The predicted molar refractivity (Wildman–Crippen MR) is 126 cm³/mol. The van der Waals surface area contributed by atoms with Crippen molar-refractivity contribution < 1.29 is 28.3 Å². The summed E-state index contributed by atoms with van der Waals surface area (Å²) in [6, 6.07) is 1.96. The molecule has 0 unspecified atom stereocenters. The lowest BCUT2D eigenvalue weighted by molar-refractivity contribution is -0.146. The summed E-state index contributed by atoms with van der Waals surface area (Å²) in [5.41, 5.74) is 0.490. The number of aromatic amines is 1. The van der Waals surface area contributed by atoms with Gasteiger partial charge in [-0.15, -0.1) is 0 Å². The largest absolute Gasteiger partial charge is 0.467 e. The summed E-state index contributed by atoms with van der Waals surface area (Å²) in [6.07, 6.45) is 3.82. The minimum absolute atomic E-state index is 0.112. The van der Waals surface area contributed by atoms with Gasteiger partial charge in [0.25, 0.3) is 5.91 Å². The molecule has 4 rings (SSSR count). The number of nitrogens with one attached hydrogen (secondary N) is 4. The van der Waals surface area contributed by atoms with Crippen molar-refractivity contribution in [3.8, 4) is 0 Å². The number of methoxy groups -OCH3 is 1. The maximum absolute atomic E-state index is 13.7. The fourth-order valence-electron chi connectivity index (χ4n) is 4.41. The van der Waals surface area contributed by atoms with E-state index in [4.69, 9.17) is 16.3 Å². The molecule has 1 aliphatic heterocycles. The molecule has 1 aromatic heterocycles. The van der Waals surface area contributed by atoms with E-state index in [1.54, 1.807) is 0 Å². The lowest BCUT2D eigenvalue weighted by Crippen LogP contribution is -2.53. The molecule has 4 N–H and O–H groups in total. The van der Waals surface area contributed by atoms with Gasteiger partial charge in [-0.25, -0.2) is 9.18 Å². The number of H-pyrrole nitrogens is 1. The first-order chi connectivity index (χ1) is 16.7. The number of amides is 3. The van der Waals surface area contributed by atoms with Gasteiger partial charge in [0, 0.05) is 17.8 Å². The zero-order chi connectivity index (χ0) is 25.1. The number of hydrogen-bond acceptors (Lipinski definition) is 5. The Morgan fingerprint density at radius 3 is 2.60 bits per heavy atom. The van der Waals surface area contributed by atoms with Crippen molar-refractivity contribution in [3.05, 3.63) is 34.7 Å². The summed E-state index contributed by atoms with van der Waals surface area (Å²) < 4.78 is 18.5. The molecule has 0 spiro atoms. The molecule has 1 saturated carbocycles. The van der Waals surface area contributed by atoms with Crippen LogP contribution in [0.2, 0.25) is 5.02 Å². The smallest absolute Gasteiger partial charge is 0.328 e. The van der Waals surface area contributed by atoms with Gasteiger partial charge < -0.3 is 25.7 Å². The summed E-state index contributed by atoms with van der Waals surface area (Å²) in [5.74, 6) is -2.56. The van der Waals surface area contributed by atoms with E-state index in [0.29, 0.717) is 30.3 Å². The van der Waals surface area contributed by atoms with Crippen molar-refractivity contribution in [1.29, 1.82) is 0 Å². The molecular weight excluding hydrogens is 479 g/mol. The first-order valence-corrected chi connectivity index (χ1v) is 12.1. The van der Waals surface area contributed by atoms with Gasteiger partial charge in [0.05, 0.1) is 17.6 Å². The summed E-state index contributed by atoms with van der Waals surface area (Å²) in [7, 11) is 1.22. The number of carbonyl (C=O) groups excluding carboxylic acids is 4. The van der Waals surface area contributed by atoms with E-state index in [1.807, 2.05) is 0 Å². The molecule has 0 radical (unpaired) electrons. The second kappa shape index (κ2) is 10.6. The number of aromatic nitrogens is 1. The Kier molecular flexibility index (Phi) is 7.59. The van der Waals surface area contributed by atoms with E-state index in [2.05, 4.69) is 20.9 Å². The number of piperidine rings is 1. The van der Waals surface area contributed by atoms with E-state index < -0.39 is 41.6 Å². The lowest BCUT2D eigenvalue weighted by atomic mass is 9.91. The van der Waals surface area contributed by atoms with E-state index in [1.165, 1.54) is 19.2 Å². The van der Waals surface area contributed by atoms with Gasteiger partial charge in [-0.3, -0.25) is 14.4 Å². The zero-order valence-electron chi connectivity index (χ0n) is 19.3. The van der Waals surface area contributed by atoms with Gasteiger partial charge in [-0.05, 0) is 49.8 Å². The molecule has 9 nitrogen and oxygen atoms in total. The van der Waals surface area contributed by atoms with Crippen LogP contribution in [0.25, 0.3) is 10.9 Å². The molecule has 1 saturated heterocycles. The van der Waals surface area contributed by atoms with E-state index >= 15 is 0 Å². The SMILES string of the molecule is COC(=O)[C@H](C[C@@H]1CCCNC1=O)NC(=O)[C@H](CC1CC1)NC(=O)c1cc2c(Cl)cc(F)cc2[nH]1. The number of fused-ring (bicyclic) bond motifs is 1. The van der Waals surface area contributed by atoms with Crippen LogP contribution in [0.15, 0.2) is 18.2 Å². The second-order valence-corrected chi connectivity index (χ2v) is 9.59. The molecule has 2 heterocycles. The highest BCUT2D eigenvalue weighted by atomic mass is 35.5. The number of benzene rings is 1. The van der Waals surface area contributed by atoms with Crippen LogP contribution in [0.1, 0.15) is 49.0 Å². The normalized spacial score (nSPS) is 19.5. The fraction of sp³-hybridized carbons (Fsp3) is 0.500. The van der Waals surface area contributed by atoms with Gasteiger partial charge in [0.1, 0.15) is 23.6 Å². The first kappa shape index (κ1) is 25.0. The Morgan fingerprint density at radius 2 is 1.91 bits per heavy atom. The number of carbonyl (C=O) groups is 4. The van der Waals surface area contributed by atoms with Crippen molar-refractivity contribution in [2.24, 2.45) is 11.8 Å². The summed E-state index contributed by atoms with van der Waals surface area (Å²) >= 11 is 6.08. The van der Waals surface area contributed by atoms with Crippen molar-refractivity contribution in [1.82, 2.24) is 20.9 Å². The predicted octanol–water partition coefficient (Wildman–Crippen LogP) is 2.43. The molecule has 188 valence electrons. The summed E-state index contributed by atoms with van der Waals surface area (Å²) in [6.45, 7) is 0.589. The van der Waals surface area contributed by atoms with E-state index in [0.717, 1.165) is 25.3 Å². The maximum atomic E-state index is 13.7. The van der Waals surface area contributed by atoms with Crippen LogP contribution in [-0.2, 0) is 19.1 Å². The quantitative estimate of drug-likeness (QED) is 0.388. The Morgan fingerprint density at radius 1 is 1.14 bits per heavy atom. The topological polar surface area (TPSA) is 129 Å². The monoisotopic (exact) mass is 506 g/mol. The van der Waals surface area contributed by atoms with Crippen LogP contribution in [0.4, 0.5) is 4.39 Å². The molecule has 1 aliphatic carbocycles. The molecule has 2 aromatic rings. The Labute approximate surface area is 206 Å². The van der Waals surface area contributed by atoms with E-state index in [-0.39, 0.29) is 29.0 Å². The molecule has 3 amide bonds. The molecule has 35 heavy (non-hydrogen) atoms. The van der Waals surface area contributed by atoms with Crippen LogP contribution in [0, 0.1) is 17.7 Å². The third-order valence-electron chi connectivity index (χ3n) is 6.51. The molecule has 2 fully saturated rings. The number of hydrogen-bond donors (Lipinski definition) is 4. The Balaban J connectivity index is 1.48. The van der Waals surface area contributed by atoms with Crippen LogP contribution < -0.4 is 16.0 Å². The highest BCUT2D eigenvalue weighted by Crippen LogP contribution is 2.34. The fourth-order valence-corrected chi connectivity index (χ4v) is 4.67. The summed E-state index contributed by atoms with van der Waals surface area (Å²) in [5, 5.41) is 8.82. The van der Waals surface area contributed by atoms with Gasteiger partial charge in [-0.1, -0.05) is 24.4 Å². The first-order valence-electron chi connectivity index (χ1n) is 11.7. The summed E-state index contributed by atoms with van der Waals surface area (Å²) in [4.78, 5) is 53.5. The van der Waals surface area contributed by atoms with Crippen LogP contribution in [-0.4, -0.2) is 54.4 Å². The van der Waals surface area contributed by atoms with Crippen molar-refractivity contribution in [2.45, 2.75) is 50.6 Å². The average molecular weight is 507 g/mol. The number of ether oxygens (including phenoxy) is 1. The van der Waals surface area contributed by atoms with Crippen LogP contribution in [0.3, 0.4) is 0 Å². The third kappa shape index (κ3) is 6.11. The van der Waals surface area contributed by atoms with Crippen molar-refractivity contribution in [2.75, 3.05) is 13.7 Å². The van der Waals surface area contributed by atoms with E-state index in [9.17, 15) is 23.6 Å². The Hall–Kier alpha value is -3.14. The van der Waals surface area contributed by atoms with Gasteiger partial charge in [-0.2, -0.15) is 0 Å². The average Bonchev–Trinajstić information content (AvgIpc) is 3.54. The standard InChI is InChI=1S/C24H28ClFN4O5/c1-35-24(34)20(8-13-3-2-6-27-21(13)31)30-22(32)18(7-12-4-5-12)29-23(33)19-11-15-16(25)9-14(26)10-17(15)28-19/h9-13,18,20,28H,2-8H2,1H3,(H,27,31)(H,29,33)(H,30,32)/t13-,18-,20-/m0/s1. The second-order valence-electron chi connectivity index (χ2n) is 9.19. The lowest BCUT2D eigenvalue weighted by Gasteiger charge is -2.27. The third-order valence-corrected chi connectivity index (χ3v) is 6.82. The molecule has 3 atom stereocenters. The zero-order valence-corrected chi connectivity index (χ0v) is 20.0. The molecule has 0 bridgehead atoms. The van der Waals surface area contributed by atoms with Gasteiger partial charge in [0.15, 0.2) is 0 Å². The van der Waals surface area contributed by atoms with Crippen molar-refractivity contribution in [3.63, 3.8) is 0 Å². The molecule has 11 heteroatoms. The van der Waals surface area contributed by atoms with Gasteiger partial charge >= 0.3 is 5.97 Å². The number of halogens is 2. The highest BCUT2D eigenvalue weighted by molar-refractivity contribution is 6.35. The minimum Gasteiger partial charge on any atom is -0.467 e. The molecular formula is C24H28ClFN4O5. The van der Waals surface area contributed by atoms with Crippen molar-refractivity contribution >= 4 is 46.2 Å². The van der Waals surface area contributed by atoms with Crippen LogP contribution in [0.5, 0.6) is 0 Å². The number of esters is 1. The molecule has 1 aromatic carbocycles. The number of rotatable bonds is 9. The minimum atomic E-state index is -1.02. The highest BCUT2D eigenvalue weighted by Gasteiger charge is 2.35. The van der Waals surface area contributed by atoms with Crippen LogP contribution >= 0.6 is 11.6 Å². The maximum Gasteiger partial charge on any atom is 0.328 e. The van der Waals surface area contributed by atoms with Gasteiger partial charge in [0.2, 0.25) is 11.8 Å². The Bertz CT molecular complexity index is 1150. The molecule has 2 aliphatic rings.